The molecule has 96 valence electrons. The topological polar surface area (TPSA) is 82.4 Å². The van der Waals surface area contributed by atoms with Gasteiger partial charge in [-0.15, -0.1) is 0 Å². The van der Waals surface area contributed by atoms with Crippen molar-refractivity contribution in [3.8, 4) is 0 Å². The van der Waals surface area contributed by atoms with Crippen LogP contribution in [0.1, 0.15) is 27.6 Å². The summed E-state index contributed by atoms with van der Waals surface area (Å²) in [4.78, 5) is 12.9. The molecule has 0 saturated heterocycles. The highest BCUT2D eigenvalue weighted by Crippen LogP contribution is 2.12. The molecule has 18 heavy (non-hydrogen) atoms. The molecule has 0 aliphatic carbocycles. The Balaban J connectivity index is 2.00. The number of aryl methyl sites for hydroxylation is 1. The summed E-state index contributed by atoms with van der Waals surface area (Å²) in [6.07, 6.45) is 1.54. The number of nitrogens with one attached hydrogen (secondary N) is 1. The van der Waals surface area contributed by atoms with Crippen molar-refractivity contribution in [2.24, 2.45) is 0 Å². The number of aromatic nitrogens is 2. The predicted octanol–water partition coefficient (Wildman–Crippen LogP) is 1.64. The van der Waals surface area contributed by atoms with Crippen LogP contribution in [0, 0.1) is 6.92 Å². The van der Waals surface area contributed by atoms with Crippen molar-refractivity contribution in [1.29, 1.82) is 0 Å². The van der Waals surface area contributed by atoms with Crippen LogP contribution in [0.25, 0.3) is 0 Å². The molecule has 0 spiro atoms. The van der Waals surface area contributed by atoms with Gasteiger partial charge in [-0.05, 0) is 26.1 Å². The number of aromatic carboxylic acids is 1. The Morgan fingerprint density at radius 2 is 2.28 bits per heavy atom. The lowest BCUT2D eigenvalue weighted by Gasteiger charge is -2.14. The first-order chi connectivity index (χ1) is 8.56. The lowest BCUT2D eigenvalue weighted by atomic mass is 10.2. The number of aromatic amines is 1. The monoisotopic (exact) mass is 249 g/mol. The number of rotatable bonds is 5. The second-order valence-corrected chi connectivity index (χ2v) is 4.26. The highest BCUT2D eigenvalue weighted by molar-refractivity contribution is 5.86. The average Bonchev–Trinajstić information content (AvgIpc) is 2.87. The Morgan fingerprint density at radius 1 is 1.50 bits per heavy atom. The third kappa shape index (κ3) is 2.78. The maximum Gasteiger partial charge on any atom is 0.354 e. The fraction of sp³-hybridized carbons (Fsp3) is 0.333. The normalized spacial score (nSPS) is 11.1. The Labute approximate surface area is 104 Å². The van der Waals surface area contributed by atoms with Crippen LogP contribution in [-0.4, -0.2) is 33.2 Å². The van der Waals surface area contributed by atoms with Gasteiger partial charge >= 0.3 is 5.97 Å². The second kappa shape index (κ2) is 5.05. The van der Waals surface area contributed by atoms with Gasteiger partial charge in [-0.25, -0.2) is 4.79 Å². The molecule has 0 saturated carbocycles. The Kier molecular flexibility index (Phi) is 3.47. The molecule has 0 fully saturated rings. The number of hydrogen-bond acceptors (Lipinski definition) is 4. The zero-order valence-electron chi connectivity index (χ0n) is 10.3. The molecule has 0 aromatic carbocycles. The van der Waals surface area contributed by atoms with Crippen LogP contribution < -0.4 is 0 Å². The summed E-state index contributed by atoms with van der Waals surface area (Å²) in [5.74, 6) is 0.730. The van der Waals surface area contributed by atoms with E-state index in [-0.39, 0.29) is 5.69 Å². The SMILES string of the molecule is Cc1ccc(CN(C)Cc2cn[nH]c2C(=O)O)o1. The molecule has 2 N–H and O–H groups in total. The van der Waals surface area contributed by atoms with Crippen LogP contribution in [0.15, 0.2) is 22.7 Å². The highest BCUT2D eigenvalue weighted by atomic mass is 16.4. The van der Waals surface area contributed by atoms with Gasteiger partial charge in [-0.1, -0.05) is 0 Å². The molecule has 2 aromatic rings. The molecule has 2 rings (SSSR count). The Bertz CT molecular complexity index is 544. The van der Waals surface area contributed by atoms with Crippen LogP contribution in [0.2, 0.25) is 0 Å². The Morgan fingerprint density at radius 3 is 2.89 bits per heavy atom. The zero-order valence-corrected chi connectivity index (χ0v) is 10.3. The summed E-state index contributed by atoms with van der Waals surface area (Å²) in [6.45, 7) is 3.01. The van der Waals surface area contributed by atoms with E-state index >= 15 is 0 Å². The molecule has 0 aliphatic heterocycles. The van der Waals surface area contributed by atoms with Gasteiger partial charge in [0.05, 0.1) is 12.7 Å². The van der Waals surface area contributed by atoms with E-state index in [1.165, 1.54) is 6.20 Å². The van der Waals surface area contributed by atoms with Crippen LogP contribution in [0.3, 0.4) is 0 Å². The van der Waals surface area contributed by atoms with E-state index in [4.69, 9.17) is 9.52 Å². The van der Waals surface area contributed by atoms with Crippen molar-refractivity contribution in [2.45, 2.75) is 20.0 Å². The van der Waals surface area contributed by atoms with E-state index in [2.05, 4.69) is 10.2 Å². The van der Waals surface area contributed by atoms with E-state index in [1.54, 1.807) is 0 Å². The molecule has 0 amide bonds. The number of carboxylic acids is 1. The summed E-state index contributed by atoms with van der Waals surface area (Å²) in [7, 11) is 1.90. The van der Waals surface area contributed by atoms with Gasteiger partial charge in [0.25, 0.3) is 0 Å². The first kappa shape index (κ1) is 12.4. The fourth-order valence-corrected chi connectivity index (χ4v) is 1.80. The quantitative estimate of drug-likeness (QED) is 0.841. The molecule has 2 heterocycles. The number of H-pyrrole nitrogens is 1. The van der Waals surface area contributed by atoms with Crippen molar-refractivity contribution < 1.29 is 14.3 Å². The van der Waals surface area contributed by atoms with E-state index in [0.29, 0.717) is 18.7 Å². The second-order valence-electron chi connectivity index (χ2n) is 4.26. The molecule has 6 heteroatoms. The molecule has 2 aromatic heterocycles. The molecule has 0 radical (unpaired) electrons. The first-order valence-electron chi connectivity index (χ1n) is 5.55. The molecular formula is C12H15N3O3. The Hall–Kier alpha value is -2.08. The largest absolute Gasteiger partial charge is 0.477 e. The maximum atomic E-state index is 10.9. The number of carboxylic acid groups (broad SMARTS) is 1. The summed E-state index contributed by atoms with van der Waals surface area (Å²) in [6, 6.07) is 3.82. The van der Waals surface area contributed by atoms with Crippen molar-refractivity contribution >= 4 is 5.97 Å². The standard InChI is InChI=1S/C12H15N3O3/c1-8-3-4-10(18-8)7-15(2)6-9-5-13-14-11(9)12(16)17/h3-5H,6-7H2,1-2H3,(H,13,14)(H,16,17). The molecule has 0 atom stereocenters. The summed E-state index contributed by atoms with van der Waals surface area (Å²) >= 11 is 0. The number of hydrogen-bond donors (Lipinski definition) is 2. The molecular weight excluding hydrogens is 234 g/mol. The van der Waals surface area contributed by atoms with Crippen LogP contribution in [0.4, 0.5) is 0 Å². The minimum atomic E-state index is -0.996. The van der Waals surface area contributed by atoms with Gasteiger partial charge in [0.2, 0.25) is 0 Å². The minimum Gasteiger partial charge on any atom is -0.477 e. The number of carbonyl (C=O) groups is 1. The average molecular weight is 249 g/mol. The summed E-state index contributed by atoms with van der Waals surface area (Å²) in [5.41, 5.74) is 0.797. The van der Waals surface area contributed by atoms with Gasteiger partial charge in [0, 0.05) is 12.1 Å². The van der Waals surface area contributed by atoms with Crippen LogP contribution in [0.5, 0.6) is 0 Å². The fourth-order valence-electron chi connectivity index (χ4n) is 1.80. The lowest BCUT2D eigenvalue weighted by Crippen LogP contribution is -2.18. The zero-order chi connectivity index (χ0) is 13.1. The lowest BCUT2D eigenvalue weighted by molar-refractivity contribution is 0.0688. The van der Waals surface area contributed by atoms with Gasteiger partial charge in [0.15, 0.2) is 0 Å². The van der Waals surface area contributed by atoms with Gasteiger partial charge in [-0.3, -0.25) is 10.00 Å². The van der Waals surface area contributed by atoms with E-state index < -0.39 is 5.97 Å². The first-order valence-corrected chi connectivity index (χ1v) is 5.55. The summed E-state index contributed by atoms with van der Waals surface area (Å²) in [5, 5.41) is 15.2. The van der Waals surface area contributed by atoms with Crippen molar-refractivity contribution in [2.75, 3.05) is 7.05 Å². The minimum absolute atomic E-state index is 0.137. The predicted molar refractivity (Wildman–Crippen MR) is 64.2 cm³/mol. The van der Waals surface area contributed by atoms with E-state index in [1.807, 2.05) is 31.0 Å². The van der Waals surface area contributed by atoms with Crippen molar-refractivity contribution in [1.82, 2.24) is 15.1 Å². The molecule has 0 aliphatic rings. The summed E-state index contributed by atoms with van der Waals surface area (Å²) < 4.78 is 5.47. The van der Waals surface area contributed by atoms with E-state index in [9.17, 15) is 4.79 Å². The third-order valence-corrected chi connectivity index (χ3v) is 2.59. The van der Waals surface area contributed by atoms with Gasteiger partial charge in [-0.2, -0.15) is 5.10 Å². The maximum absolute atomic E-state index is 10.9. The highest BCUT2D eigenvalue weighted by Gasteiger charge is 2.14. The van der Waals surface area contributed by atoms with Crippen molar-refractivity contribution in [3.05, 3.63) is 41.1 Å². The van der Waals surface area contributed by atoms with E-state index in [0.717, 1.165) is 11.5 Å². The van der Waals surface area contributed by atoms with Crippen LogP contribution in [-0.2, 0) is 13.1 Å². The van der Waals surface area contributed by atoms with Gasteiger partial charge < -0.3 is 9.52 Å². The van der Waals surface area contributed by atoms with Gasteiger partial charge in [0.1, 0.15) is 17.2 Å². The van der Waals surface area contributed by atoms with Crippen LogP contribution >= 0.6 is 0 Å². The molecule has 6 nitrogen and oxygen atoms in total. The molecule has 0 unspecified atom stereocenters. The number of nitrogens with zero attached hydrogens (tertiary/aromatic N) is 2. The smallest absolute Gasteiger partial charge is 0.354 e. The van der Waals surface area contributed by atoms with Crippen molar-refractivity contribution in [3.63, 3.8) is 0 Å². The number of furan rings is 1. The third-order valence-electron chi connectivity index (χ3n) is 2.59. The molecule has 0 bridgehead atoms.